The first-order valence-corrected chi connectivity index (χ1v) is 6.36. The molecular weight excluding hydrogens is 214 g/mol. The quantitative estimate of drug-likeness (QED) is 0.837. The molecule has 0 saturated carbocycles. The van der Waals surface area contributed by atoms with Crippen LogP contribution in [0.3, 0.4) is 0 Å². The van der Waals surface area contributed by atoms with Crippen LogP contribution in [0.5, 0.6) is 5.75 Å². The molecule has 1 aliphatic heterocycles. The van der Waals surface area contributed by atoms with E-state index in [9.17, 15) is 5.11 Å². The van der Waals surface area contributed by atoms with Crippen LogP contribution in [0.1, 0.15) is 31.7 Å². The van der Waals surface area contributed by atoms with Gasteiger partial charge in [-0.3, -0.25) is 0 Å². The predicted molar refractivity (Wildman–Crippen MR) is 68.4 cm³/mol. The highest BCUT2D eigenvalue weighted by atomic mass is 16.5. The summed E-state index contributed by atoms with van der Waals surface area (Å²) in [5, 5.41) is 12.7. The Balaban J connectivity index is 1.98. The summed E-state index contributed by atoms with van der Waals surface area (Å²) < 4.78 is 5.74. The Morgan fingerprint density at radius 1 is 1.35 bits per heavy atom. The van der Waals surface area contributed by atoms with E-state index in [1.54, 1.807) is 0 Å². The Morgan fingerprint density at radius 3 is 2.59 bits per heavy atom. The van der Waals surface area contributed by atoms with Crippen molar-refractivity contribution in [2.75, 3.05) is 13.1 Å². The molecule has 2 rings (SSSR count). The Labute approximate surface area is 103 Å². The predicted octanol–water partition coefficient (Wildman–Crippen LogP) is 1.91. The molecule has 2 N–H and O–H groups in total. The Hall–Kier alpha value is -1.06. The molecule has 3 heteroatoms. The summed E-state index contributed by atoms with van der Waals surface area (Å²) >= 11 is 0. The molecule has 0 amide bonds. The van der Waals surface area contributed by atoms with Gasteiger partial charge in [0, 0.05) is 13.1 Å². The van der Waals surface area contributed by atoms with Gasteiger partial charge < -0.3 is 15.2 Å². The van der Waals surface area contributed by atoms with Gasteiger partial charge in [-0.25, -0.2) is 0 Å². The molecule has 0 radical (unpaired) electrons. The molecule has 1 saturated heterocycles. The minimum absolute atomic E-state index is 0.121. The molecule has 1 aliphatic rings. The van der Waals surface area contributed by atoms with Crippen LogP contribution in [-0.2, 0) is 0 Å². The first-order chi connectivity index (χ1) is 8.20. The maximum Gasteiger partial charge on any atom is 0.138 e. The van der Waals surface area contributed by atoms with Gasteiger partial charge in [-0.2, -0.15) is 0 Å². The molecule has 94 valence electrons. The summed E-state index contributed by atoms with van der Waals surface area (Å²) in [6.45, 7) is 5.75. The van der Waals surface area contributed by atoms with Crippen molar-refractivity contribution in [2.45, 2.75) is 38.4 Å². The van der Waals surface area contributed by atoms with Gasteiger partial charge in [0.2, 0.25) is 0 Å². The van der Waals surface area contributed by atoms with Crippen LogP contribution in [0.4, 0.5) is 0 Å². The van der Waals surface area contributed by atoms with E-state index in [-0.39, 0.29) is 6.10 Å². The first kappa shape index (κ1) is 12.4. The molecular formula is C14H21NO2. The molecule has 3 nitrogen and oxygen atoms in total. The summed E-state index contributed by atoms with van der Waals surface area (Å²) in [5.74, 6) is 1.42. The van der Waals surface area contributed by atoms with Crippen molar-refractivity contribution in [2.24, 2.45) is 0 Å². The lowest BCUT2D eigenvalue weighted by Crippen LogP contribution is -2.29. The molecule has 0 spiro atoms. The van der Waals surface area contributed by atoms with E-state index in [4.69, 9.17) is 4.74 Å². The summed E-state index contributed by atoms with van der Waals surface area (Å²) in [5.41, 5.74) is 1.34. The number of hydrogen-bond acceptors (Lipinski definition) is 3. The number of aliphatic hydroxyl groups excluding tert-OH is 1. The number of aliphatic hydroxyl groups is 1. The highest BCUT2D eigenvalue weighted by Crippen LogP contribution is 2.22. The number of ether oxygens (including phenoxy) is 1. The lowest BCUT2D eigenvalue weighted by Gasteiger charge is -2.17. The standard InChI is InChI=1S/C14H21NO2/c1-3-10(2)11-4-6-12(7-5-11)17-14-9-15-8-13(14)16/h4-7,10,13-16H,3,8-9H2,1-2H3. The van der Waals surface area contributed by atoms with Gasteiger partial charge in [-0.05, 0) is 30.0 Å². The molecule has 0 aliphatic carbocycles. The van der Waals surface area contributed by atoms with E-state index in [2.05, 4.69) is 31.3 Å². The monoisotopic (exact) mass is 235 g/mol. The second-order valence-electron chi connectivity index (χ2n) is 4.76. The Bertz CT molecular complexity index is 350. The van der Waals surface area contributed by atoms with Crippen LogP contribution in [0.25, 0.3) is 0 Å². The highest BCUT2D eigenvalue weighted by Gasteiger charge is 2.26. The fourth-order valence-corrected chi connectivity index (χ4v) is 2.05. The lowest BCUT2D eigenvalue weighted by molar-refractivity contribution is 0.0737. The fourth-order valence-electron chi connectivity index (χ4n) is 2.05. The molecule has 0 aromatic heterocycles. The third-order valence-electron chi connectivity index (χ3n) is 3.48. The van der Waals surface area contributed by atoms with E-state index in [1.165, 1.54) is 5.56 Å². The van der Waals surface area contributed by atoms with Crippen molar-refractivity contribution in [1.82, 2.24) is 5.32 Å². The summed E-state index contributed by atoms with van der Waals surface area (Å²) in [6, 6.07) is 8.20. The number of benzene rings is 1. The van der Waals surface area contributed by atoms with Gasteiger partial charge in [-0.15, -0.1) is 0 Å². The number of nitrogens with one attached hydrogen (secondary N) is 1. The Morgan fingerprint density at radius 2 is 2.06 bits per heavy atom. The molecule has 1 fully saturated rings. The Kier molecular flexibility index (Phi) is 4.02. The smallest absolute Gasteiger partial charge is 0.138 e. The van der Waals surface area contributed by atoms with E-state index in [0.717, 1.165) is 12.2 Å². The van der Waals surface area contributed by atoms with Crippen molar-refractivity contribution in [3.8, 4) is 5.75 Å². The minimum atomic E-state index is -0.399. The SMILES string of the molecule is CCC(C)c1ccc(OC2CNCC2O)cc1. The van der Waals surface area contributed by atoms with Crippen LogP contribution >= 0.6 is 0 Å². The number of β-amino-alcohol motifs (C(OH)–C–C–N with tert-alkyl or cyclic N) is 1. The van der Waals surface area contributed by atoms with E-state index >= 15 is 0 Å². The van der Waals surface area contributed by atoms with Gasteiger partial charge in [0.25, 0.3) is 0 Å². The van der Waals surface area contributed by atoms with Crippen molar-refractivity contribution >= 4 is 0 Å². The maximum atomic E-state index is 9.64. The van der Waals surface area contributed by atoms with E-state index in [1.807, 2.05) is 12.1 Å². The topological polar surface area (TPSA) is 41.5 Å². The average molecular weight is 235 g/mol. The molecule has 1 aromatic rings. The van der Waals surface area contributed by atoms with Crippen molar-refractivity contribution in [3.63, 3.8) is 0 Å². The van der Waals surface area contributed by atoms with Crippen molar-refractivity contribution < 1.29 is 9.84 Å². The molecule has 0 bridgehead atoms. The molecule has 1 heterocycles. The van der Waals surface area contributed by atoms with Crippen LogP contribution < -0.4 is 10.1 Å². The highest BCUT2D eigenvalue weighted by molar-refractivity contribution is 5.29. The van der Waals surface area contributed by atoms with Crippen LogP contribution in [-0.4, -0.2) is 30.4 Å². The largest absolute Gasteiger partial charge is 0.486 e. The first-order valence-electron chi connectivity index (χ1n) is 6.36. The number of hydrogen-bond donors (Lipinski definition) is 2. The lowest BCUT2D eigenvalue weighted by atomic mass is 9.99. The third kappa shape index (κ3) is 2.99. The van der Waals surface area contributed by atoms with Crippen LogP contribution in [0.15, 0.2) is 24.3 Å². The second kappa shape index (κ2) is 5.52. The van der Waals surface area contributed by atoms with Crippen LogP contribution in [0.2, 0.25) is 0 Å². The summed E-state index contributed by atoms with van der Waals surface area (Å²) in [6.07, 6.45) is 0.625. The normalized spacial score (nSPS) is 25.8. The third-order valence-corrected chi connectivity index (χ3v) is 3.48. The zero-order valence-corrected chi connectivity index (χ0v) is 10.5. The zero-order valence-electron chi connectivity index (χ0n) is 10.5. The molecule has 17 heavy (non-hydrogen) atoms. The van der Waals surface area contributed by atoms with E-state index < -0.39 is 6.10 Å². The summed E-state index contributed by atoms with van der Waals surface area (Å²) in [4.78, 5) is 0. The molecule has 3 atom stereocenters. The molecule has 3 unspecified atom stereocenters. The minimum Gasteiger partial charge on any atom is -0.486 e. The zero-order chi connectivity index (χ0) is 12.3. The summed E-state index contributed by atoms with van der Waals surface area (Å²) in [7, 11) is 0. The average Bonchev–Trinajstić information content (AvgIpc) is 2.75. The fraction of sp³-hybridized carbons (Fsp3) is 0.571. The van der Waals surface area contributed by atoms with E-state index in [0.29, 0.717) is 19.0 Å². The van der Waals surface area contributed by atoms with Crippen LogP contribution in [0, 0.1) is 0 Å². The number of rotatable bonds is 4. The van der Waals surface area contributed by atoms with Gasteiger partial charge in [-0.1, -0.05) is 26.0 Å². The van der Waals surface area contributed by atoms with Gasteiger partial charge >= 0.3 is 0 Å². The van der Waals surface area contributed by atoms with Gasteiger partial charge in [0.05, 0.1) is 0 Å². The van der Waals surface area contributed by atoms with Crippen molar-refractivity contribution in [3.05, 3.63) is 29.8 Å². The second-order valence-corrected chi connectivity index (χ2v) is 4.76. The van der Waals surface area contributed by atoms with Gasteiger partial charge in [0.1, 0.15) is 18.0 Å². The van der Waals surface area contributed by atoms with Gasteiger partial charge in [0.15, 0.2) is 0 Å². The molecule has 1 aromatic carbocycles. The van der Waals surface area contributed by atoms with Crippen molar-refractivity contribution in [1.29, 1.82) is 0 Å². The maximum absolute atomic E-state index is 9.64.